The summed E-state index contributed by atoms with van der Waals surface area (Å²) in [4.78, 5) is 32.0. The van der Waals surface area contributed by atoms with Crippen LogP contribution in [0, 0.1) is 0 Å². The van der Waals surface area contributed by atoms with Crippen LogP contribution in [0.1, 0.15) is 56.0 Å². The van der Waals surface area contributed by atoms with Crippen LogP contribution in [0.3, 0.4) is 0 Å². The smallest absolute Gasteiger partial charge is 0.342 e. The van der Waals surface area contributed by atoms with Crippen molar-refractivity contribution in [2.24, 2.45) is 5.16 Å². The van der Waals surface area contributed by atoms with Crippen molar-refractivity contribution in [1.29, 1.82) is 0 Å². The molecule has 2 aliphatic heterocycles. The van der Waals surface area contributed by atoms with Crippen LogP contribution in [-0.2, 0) is 25.5 Å². The Bertz CT molecular complexity index is 1050. The van der Waals surface area contributed by atoms with Crippen molar-refractivity contribution in [2.45, 2.75) is 64.8 Å². The van der Waals surface area contributed by atoms with E-state index >= 15 is 0 Å². The molecule has 0 spiro atoms. The van der Waals surface area contributed by atoms with E-state index in [0.29, 0.717) is 31.6 Å². The highest BCUT2D eigenvalue weighted by molar-refractivity contribution is 6.33. The molecule has 3 rings (SSSR count). The predicted octanol–water partition coefficient (Wildman–Crippen LogP) is 4.14. The third-order valence-electron chi connectivity index (χ3n) is 5.99. The van der Waals surface area contributed by atoms with Crippen LogP contribution in [-0.4, -0.2) is 70.7 Å². The van der Waals surface area contributed by atoms with E-state index in [-0.39, 0.29) is 53.0 Å². The van der Waals surface area contributed by atoms with E-state index in [2.05, 4.69) is 5.16 Å². The van der Waals surface area contributed by atoms with E-state index < -0.39 is 17.8 Å². The molecule has 9 nitrogen and oxygen atoms in total. The molecule has 196 valence electrons. The SMILES string of the molecule is C\C=C/C=C/C(Cc1c(Cl)c(O)cc(O)c1C(=O)O[C@H](C)C[C@H]1O[C@H]1C)=N/OCCN1CCCC1=O. The van der Waals surface area contributed by atoms with Crippen molar-refractivity contribution < 1.29 is 34.1 Å². The second kappa shape index (κ2) is 12.8. The Morgan fingerprint density at radius 2 is 2.11 bits per heavy atom. The highest BCUT2D eigenvalue weighted by Gasteiger charge is 2.36. The van der Waals surface area contributed by atoms with Gasteiger partial charge in [-0.05, 0) is 38.8 Å². The summed E-state index contributed by atoms with van der Waals surface area (Å²) in [6.45, 7) is 6.86. The molecule has 3 atom stereocenters. The second-order valence-electron chi connectivity index (χ2n) is 8.88. The van der Waals surface area contributed by atoms with Gasteiger partial charge in [0.2, 0.25) is 5.91 Å². The van der Waals surface area contributed by atoms with Crippen molar-refractivity contribution in [3.63, 3.8) is 0 Å². The molecule has 2 fully saturated rings. The highest BCUT2D eigenvalue weighted by atomic mass is 35.5. The lowest BCUT2D eigenvalue weighted by Gasteiger charge is -2.17. The van der Waals surface area contributed by atoms with Gasteiger partial charge in [-0.3, -0.25) is 4.79 Å². The molecule has 2 aliphatic rings. The number of esters is 1. The van der Waals surface area contributed by atoms with Crippen molar-refractivity contribution >= 4 is 29.2 Å². The Morgan fingerprint density at radius 1 is 1.36 bits per heavy atom. The number of aromatic hydroxyl groups is 2. The molecule has 0 unspecified atom stereocenters. The van der Waals surface area contributed by atoms with E-state index in [4.69, 9.17) is 25.9 Å². The number of hydrogen-bond donors (Lipinski definition) is 2. The zero-order chi connectivity index (χ0) is 26.2. The topological polar surface area (TPSA) is 121 Å². The summed E-state index contributed by atoms with van der Waals surface area (Å²) in [5, 5.41) is 24.8. The lowest BCUT2D eigenvalue weighted by molar-refractivity contribution is -0.128. The number of phenolic OH excluding ortho intramolecular Hbond substituents is 2. The number of halogens is 1. The van der Waals surface area contributed by atoms with E-state index in [0.717, 1.165) is 12.5 Å². The van der Waals surface area contributed by atoms with Crippen molar-refractivity contribution in [3.05, 3.63) is 46.5 Å². The number of likely N-dealkylation sites (tertiary alicyclic amines) is 1. The van der Waals surface area contributed by atoms with Crippen LogP contribution in [0.2, 0.25) is 5.02 Å². The van der Waals surface area contributed by atoms with Gasteiger partial charge < -0.3 is 29.4 Å². The Labute approximate surface area is 216 Å². The van der Waals surface area contributed by atoms with Gasteiger partial charge in [0, 0.05) is 31.9 Å². The van der Waals surface area contributed by atoms with Gasteiger partial charge in [0.05, 0.1) is 29.5 Å². The van der Waals surface area contributed by atoms with E-state index in [1.165, 1.54) is 0 Å². The number of hydrogen-bond acceptors (Lipinski definition) is 8. The maximum absolute atomic E-state index is 13.0. The molecule has 1 amide bonds. The lowest BCUT2D eigenvalue weighted by atomic mass is 9.99. The van der Waals surface area contributed by atoms with Gasteiger partial charge in [-0.1, -0.05) is 35.0 Å². The average Bonchev–Trinajstić information content (AvgIpc) is 3.34. The minimum absolute atomic E-state index is 0.0287. The number of rotatable bonds is 12. The Balaban J connectivity index is 1.79. The molecule has 10 heteroatoms. The van der Waals surface area contributed by atoms with Crippen molar-refractivity contribution in [1.82, 2.24) is 4.90 Å². The maximum atomic E-state index is 13.0. The number of allylic oxidation sites excluding steroid dienone is 4. The van der Waals surface area contributed by atoms with Gasteiger partial charge in [0.1, 0.15) is 29.8 Å². The summed E-state index contributed by atoms with van der Waals surface area (Å²) in [6, 6.07) is 1.01. The first-order valence-electron chi connectivity index (χ1n) is 12.1. The summed E-state index contributed by atoms with van der Waals surface area (Å²) in [6.07, 6.45) is 8.62. The fourth-order valence-electron chi connectivity index (χ4n) is 3.97. The van der Waals surface area contributed by atoms with Crippen LogP contribution in [0.5, 0.6) is 11.5 Å². The van der Waals surface area contributed by atoms with Crippen LogP contribution in [0.4, 0.5) is 0 Å². The quantitative estimate of drug-likeness (QED) is 0.106. The lowest BCUT2D eigenvalue weighted by Crippen LogP contribution is -2.28. The third kappa shape index (κ3) is 7.48. The summed E-state index contributed by atoms with van der Waals surface area (Å²) in [5.74, 6) is -1.50. The molecule has 2 heterocycles. The first-order valence-corrected chi connectivity index (χ1v) is 12.4. The number of nitrogens with zero attached hydrogens (tertiary/aromatic N) is 2. The van der Waals surface area contributed by atoms with E-state index in [9.17, 15) is 19.8 Å². The molecule has 0 bridgehead atoms. The van der Waals surface area contributed by atoms with E-state index in [1.807, 2.05) is 19.9 Å². The van der Waals surface area contributed by atoms with Gasteiger partial charge in [-0.15, -0.1) is 0 Å². The third-order valence-corrected chi connectivity index (χ3v) is 6.41. The molecule has 1 aromatic carbocycles. The van der Waals surface area contributed by atoms with Crippen LogP contribution >= 0.6 is 11.6 Å². The maximum Gasteiger partial charge on any atom is 0.342 e. The van der Waals surface area contributed by atoms with Crippen LogP contribution in [0.15, 0.2) is 35.5 Å². The number of oxime groups is 1. The summed E-state index contributed by atoms with van der Waals surface area (Å²) in [5.41, 5.74) is 0.392. The molecule has 0 aliphatic carbocycles. The van der Waals surface area contributed by atoms with Gasteiger partial charge in [-0.2, -0.15) is 0 Å². The zero-order valence-electron chi connectivity index (χ0n) is 20.8. The first-order chi connectivity index (χ1) is 17.2. The Hall–Kier alpha value is -3.04. The molecule has 0 radical (unpaired) electrons. The fraction of sp³-hybridized carbons (Fsp3) is 0.500. The van der Waals surface area contributed by atoms with E-state index in [1.54, 1.807) is 30.1 Å². The number of epoxide rings is 1. The highest BCUT2D eigenvalue weighted by Crippen LogP contribution is 2.37. The predicted molar refractivity (Wildman–Crippen MR) is 135 cm³/mol. The van der Waals surface area contributed by atoms with Crippen molar-refractivity contribution in [2.75, 3.05) is 19.7 Å². The normalized spacial score (nSPS) is 20.9. The van der Waals surface area contributed by atoms with Gasteiger partial charge in [0.15, 0.2) is 0 Å². The molecule has 2 saturated heterocycles. The molecule has 0 saturated carbocycles. The zero-order valence-corrected chi connectivity index (χ0v) is 21.5. The fourth-order valence-corrected chi connectivity index (χ4v) is 4.19. The Kier molecular flexibility index (Phi) is 9.78. The first kappa shape index (κ1) is 27.5. The summed E-state index contributed by atoms with van der Waals surface area (Å²) < 4.78 is 10.9. The number of carbonyl (C=O) groups is 2. The molecule has 0 aromatic heterocycles. The summed E-state index contributed by atoms with van der Waals surface area (Å²) >= 11 is 6.37. The average molecular weight is 521 g/mol. The molecule has 36 heavy (non-hydrogen) atoms. The minimum atomic E-state index is -0.768. The number of ether oxygens (including phenoxy) is 2. The number of benzene rings is 1. The second-order valence-corrected chi connectivity index (χ2v) is 9.25. The minimum Gasteiger partial charge on any atom is -0.507 e. The van der Waals surface area contributed by atoms with Gasteiger partial charge in [0.25, 0.3) is 0 Å². The molecule has 1 aromatic rings. The molecule has 2 N–H and O–H groups in total. The van der Waals surface area contributed by atoms with Gasteiger partial charge in [-0.25, -0.2) is 4.79 Å². The number of carbonyl (C=O) groups excluding carboxylic acids is 2. The van der Waals surface area contributed by atoms with Crippen molar-refractivity contribution in [3.8, 4) is 11.5 Å². The summed E-state index contributed by atoms with van der Waals surface area (Å²) in [7, 11) is 0. The monoisotopic (exact) mass is 520 g/mol. The molecular formula is C26H33ClN2O7. The van der Waals surface area contributed by atoms with Crippen LogP contribution in [0.25, 0.3) is 0 Å². The largest absolute Gasteiger partial charge is 0.507 e. The standard InChI is InChI=1S/C26H33ClN2O7/c1-4-5-6-8-18(28-34-12-11-29-10-7-9-23(29)32)14-19-24(20(30)15-21(31)25(19)27)26(33)35-16(2)13-22-17(3)36-22/h4-6,8,15-17,22,30-31H,7,9-14H2,1-3H3/b5-4-,8-6+,28-18-/t16-,17+,22-/m1/s1. The van der Waals surface area contributed by atoms with Crippen LogP contribution < -0.4 is 0 Å². The Morgan fingerprint density at radius 3 is 2.75 bits per heavy atom. The van der Waals surface area contributed by atoms with Gasteiger partial charge >= 0.3 is 5.97 Å². The number of amides is 1. The number of phenols is 2. The molecular weight excluding hydrogens is 488 g/mol.